The van der Waals surface area contributed by atoms with Gasteiger partial charge in [-0.3, -0.25) is 0 Å². The molecule has 0 saturated carbocycles. The highest BCUT2D eigenvalue weighted by Gasteiger charge is 2.16. The largest absolute Gasteiger partial charge is 0.465 e. The van der Waals surface area contributed by atoms with Crippen molar-refractivity contribution < 1.29 is 9.53 Å². The van der Waals surface area contributed by atoms with Crippen molar-refractivity contribution in [3.63, 3.8) is 0 Å². The molecule has 0 aromatic carbocycles. The van der Waals surface area contributed by atoms with Crippen LogP contribution >= 0.6 is 11.3 Å². The van der Waals surface area contributed by atoms with E-state index in [9.17, 15) is 4.79 Å². The predicted molar refractivity (Wildman–Crippen MR) is 74.2 cm³/mol. The number of esters is 1. The van der Waals surface area contributed by atoms with E-state index in [0.717, 1.165) is 5.69 Å². The molecule has 0 bridgehead atoms. The van der Waals surface area contributed by atoms with Gasteiger partial charge in [0.15, 0.2) is 5.82 Å². The number of pyridine rings is 1. The summed E-state index contributed by atoms with van der Waals surface area (Å²) >= 11 is 1.53. The van der Waals surface area contributed by atoms with Crippen LogP contribution in [0.1, 0.15) is 16.1 Å². The summed E-state index contributed by atoms with van der Waals surface area (Å²) in [7, 11) is 3.17. The van der Waals surface area contributed by atoms with E-state index in [4.69, 9.17) is 5.73 Å². The van der Waals surface area contributed by atoms with E-state index >= 15 is 0 Å². The summed E-state index contributed by atoms with van der Waals surface area (Å²) < 4.78 is 4.68. The van der Waals surface area contributed by atoms with Gasteiger partial charge in [-0.25, -0.2) is 14.8 Å². The number of rotatable bonds is 4. The molecule has 0 aliphatic heterocycles. The lowest BCUT2D eigenvalue weighted by Crippen LogP contribution is -2.20. The summed E-state index contributed by atoms with van der Waals surface area (Å²) in [4.78, 5) is 21.8. The van der Waals surface area contributed by atoms with E-state index in [2.05, 4.69) is 14.7 Å². The number of ether oxygens (including phenoxy) is 1. The normalized spacial score (nSPS) is 10.2. The van der Waals surface area contributed by atoms with E-state index in [1.165, 1.54) is 24.6 Å². The van der Waals surface area contributed by atoms with Crippen molar-refractivity contribution in [2.45, 2.75) is 6.54 Å². The van der Waals surface area contributed by atoms with Crippen LogP contribution in [-0.4, -0.2) is 30.1 Å². The lowest BCUT2D eigenvalue weighted by Gasteiger charge is -2.19. The standard InChI is InChI=1S/C12H14N4O2S/c1-16(5-8-6-19-7-15-8)11-10(13)9(3-4-14-11)12(17)18-2/h3-4,6-7H,5,13H2,1-2H3. The number of hydrogen-bond acceptors (Lipinski definition) is 7. The highest BCUT2D eigenvalue weighted by molar-refractivity contribution is 7.07. The second kappa shape index (κ2) is 5.66. The van der Waals surface area contributed by atoms with Crippen LogP contribution in [0.4, 0.5) is 11.5 Å². The third-order valence-electron chi connectivity index (χ3n) is 2.62. The van der Waals surface area contributed by atoms with Crippen LogP contribution < -0.4 is 10.6 Å². The van der Waals surface area contributed by atoms with Gasteiger partial charge in [0.2, 0.25) is 0 Å². The molecule has 0 unspecified atom stereocenters. The molecule has 0 amide bonds. The quantitative estimate of drug-likeness (QED) is 0.854. The molecule has 0 radical (unpaired) electrons. The minimum absolute atomic E-state index is 0.312. The number of methoxy groups -OCH3 is 1. The zero-order chi connectivity index (χ0) is 13.8. The molecule has 6 nitrogen and oxygen atoms in total. The Morgan fingerprint density at radius 2 is 2.32 bits per heavy atom. The highest BCUT2D eigenvalue weighted by Crippen LogP contribution is 2.24. The fourth-order valence-electron chi connectivity index (χ4n) is 1.69. The Bertz CT molecular complexity index is 571. The molecular weight excluding hydrogens is 264 g/mol. The van der Waals surface area contributed by atoms with Gasteiger partial charge in [-0.2, -0.15) is 0 Å². The first-order valence-electron chi connectivity index (χ1n) is 5.54. The van der Waals surface area contributed by atoms with E-state index in [1.807, 2.05) is 17.3 Å². The summed E-state index contributed by atoms with van der Waals surface area (Å²) in [6.45, 7) is 0.575. The molecule has 2 heterocycles. The Labute approximate surface area is 114 Å². The summed E-state index contributed by atoms with van der Waals surface area (Å²) in [6, 6.07) is 1.54. The lowest BCUT2D eigenvalue weighted by molar-refractivity contribution is 0.0602. The zero-order valence-corrected chi connectivity index (χ0v) is 11.5. The van der Waals surface area contributed by atoms with Gasteiger partial charge >= 0.3 is 5.97 Å². The maximum absolute atomic E-state index is 11.6. The number of hydrogen-bond donors (Lipinski definition) is 1. The monoisotopic (exact) mass is 278 g/mol. The van der Waals surface area contributed by atoms with Crippen molar-refractivity contribution in [1.29, 1.82) is 0 Å². The Kier molecular flexibility index (Phi) is 3.96. The van der Waals surface area contributed by atoms with E-state index < -0.39 is 5.97 Å². The molecule has 2 N–H and O–H groups in total. The van der Waals surface area contributed by atoms with Crippen molar-refractivity contribution in [2.75, 3.05) is 24.8 Å². The van der Waals surface area contributed by atoms with Crippen LogP contribution in [0.2, 0.25) is 0 Å². The molecule has 100 valence electrons. The first-order chi connectivity index (χ1) is 9.13. The summed E-state index contributed by atoms with van der Waals surface area (Å²) in [5, 5.41) is 1.96. The van der Waals surface area contributed by atoms with Gasteiger partial charge in [0.1, 0.15) is 0 Å². The zero-order valence-electron chi connectivity index (χ0n) is 10.7. The Morgan fingerprint density at radius 1 is 1.53 bits per heavy atom. The number of carbonyl (C=O) groups excluding carboxylic acids is 1. The molecular formula is C12H14N4O2S. The van der Waals surface area contributed by atoms with Crippen molar-refractivity contribution in [3.8, 4) is 0 Å². The van der Waals surface area contributed by atoms with Crippen molar-refractivity contribution in [2.24, 2.45) is 0 Å². The molecule has 2 rings (SSSR count). The van der Waals surface area contributed by atoms with Gasteiger partial charge in [-0.05, 0) is 6.07 Å². The average Bonchev–Trinajstić information content (AvgIpc) is 2.90. The summed E-state index contributed by atoms with van der Waals surface area (Å²) in [5.41, 5.74) is 9.29. The van der Waals surface area contributed by atoms with Crippen LogP contribution in [0.5, 0.6) is 0 Å². The summed E-state index contributed by atoms with van der Waals surface area (Å²) in [5.74, 6) is 0.0686. The molecule has 0 atom stereocenters. The van der Waals surface area contributed by atoms with E-state index in [-0.39, 0.29) is 0 Å². The molecule has 2 aromatic rings. The fourth-order valence-corrected chi connectivity index (χ4v) is 2.24. The summed E-state index contributed by atoms with van der Waals surface area (Å²) in [6.07, 6.45) is 1.54. The minimum atomic E-state index is -0.469. The number of anilines is 2. The van der Waals surface area contributed by atoms with Gasteiger partial charge in [0.05, 0.1) is 36.1 Å². The third kappa shape index (κ3) is 2.82. The van der Waals surface area contributed by atoms with Crippen LogP contribution in [0.3, 0.4) is 0 Å². The molecule has 19 heavy (non-hydrogen) atoms. The van der Waals surface area contributed by atoms with Crippen LogP contribution in [-0.2, 0) is 11.3 Å². The van der Waals surface area contributed by atoms with Crippen LogP contribution in [0.15, 0.2) is 23.2 Å². The average molecular weight is 278 g/mol. The SMILES string of the molecule is COC(=O)c1ccnc(N(C)Cc2cscn2)c1N. The predicted octanol–water partition coefficient (Wildman–Crippen LogP) is 1.54. The van der Waals surface area contributed by atoms with Gasteiger partial charge in [-0.1, -0.05) is 0 Å². The molecule has 2 aromatic heterocycles. The first kappa shape index (κ1) is 13.3. The van der Waals surface area contributed by atoms with Gasteiger partial charge in [0.25, 0.3) is 0 Å². The molecule has 0 fully saturated rings. The van der Waals surface area contributed by atoms with Crippen LogP contribution in [0.25, 0.3) is 0 Å². The number of carbonyl (C=O) groups is 1. The number of aromatic nitrogens is 2. The lowest BCUT2D eigenvalue weighted by atomic mass is 10.2. The Balaban J connectivity index is 2.27. The number of thiazole rings is 1. The van der Waals surface area contributed by atoms with Crippen molar-refractivity contribution in [3.05, 3.63) is 34.4 Å². The van der Waals surface area contributed by atoms with E-state index in [0.29, 0.717) is 23.6 Å². The van der Waals surface area contributed by atoms with Crippen molar-refractivity contribution in [1.82, 2.24) is 9.97 Å². The number of nitrogens with zero attached hydrogens (tertiary/aromatic N) is 3. The molecule has 0 aliphatic rings. The van der Waals surface area contributed by atoms with E-state index in [1.54, 1.807) is 11.6 Å². The number of nitrogens with two attached hydrogens (primary N) is 1. The Hall–Kier alpha value is -2.15. The maximum atomic E-state index is 11.6. The molecule has 7 heteroatoms. The van der Waals surface area contributed by atoms with Gasteiger partial charge in [0, 0.05) is 18.6 Å². The molecule has 0 aliphatic carbocycles. The first-order valence-corrected chi connectivity index (χ1v) is 6.48. The third-order valence-corrected chi connectivity index (χ3v) is 3.25. The minimum Gasteiger partial charge on any atom is -0.465 e. The van der Waals surface area contributed by atoms with Crippen molar-refractivity contribution >= 4 is 28.8 Å². The Morgan fingerprint density at radius 3 is 2.95 bits per heavy atom. The number of nitrogen functional groups attached to an aromatic ring is 1. The van der Waals surface area contributed by atoms with Gasteiger partial charge < -0.3 is 15.4 Å². The molecule has 0 spiro atoms. The second-order valence-electron chi connectivity index (χ2n) is 3.92. The highest BCUT2D eigenvalue weighted by atomic mass is 32.1. The topological polar surface area (TPSA) is 81.3 Å². The van der Waals surface area contributed by atoms with Gasteiger partial charge in [-0.15, -0.1) is 11.3 Å². The second-order valence-corrected chi connectivity index (χ2v) is 4.64. The molecule has 0 saturated heterocycles. The fraction of sp³-hybridized carbons (Fsp3) is 0.250. The maximum Gasteiger partial charge on any atom is 0.340 e. The van der Waals surface area contributed by atoms with Crippen LogP contribution in [0, 0.1) is 0 Å². The smallest absolute Gasteiger partial charge is 0.340 e.